The minimum absolute atomic E-state index is 0.902. The van der Waals surface area contributed by atoms with Crippen LogP contribution in [-0.4, -0.2) is 52.2 Å². The second-order valence-electron chi connectivity index (χ2n) is 6.57. The Morgan fingerprint density at radius 1 is 1.05 bits per heavy atom. The molecule has 1 aromatic heterocycles. The van der Waals surface area contributed by atoms with Gasteiger partial charge in [0.1, 0.15) is 0 Å². The van der Waals surface area contributed by atoms with E-state index in [4.69, 9.17) is 0 Å². The lowest BCUT2D eigenvalue weighted by atomic mass is 10.0. The van der Waals surface area contributed by atoms with E-state index in [2.05, 4.69) is 32.1 Å². The Morgan fingerprint density at radius 3 is 2.37 bits per heavy atom. The van der Waals surface area contributed by atoms with Gasteiger partial charge in [-0.3, -0.25) is 9.80 Å². The summed E-state index contributed by atoms with van der Waals surface area (Å²) in [7, 11) is 0. The van der Waals surface area contributed by atoms with Gasteiger partial charge in [0.25, 0.3) is 0 Å². The van der Waals surface area contributed by atoms with Gasteiger partial charge in [-0.2, -0.15) is 10.2 Å². The van der Waals surface area contributed by atoms with Gasteiger partial charge in [0.2, 0.25) is 0 Å². The SMILES string of the molecule is Cc1ccc(CN2CC3CN(C4CC4)CC3C2)nn1. The predicted octanol–water partition coefficient (Wildman–Crippen LogP) is 1.31. The molecule has 4 nitrogen and oxygen atoms in total. The molecule has 0 N–H and O–H groups in total. The Bertz CT molecular complexity index is 440. The lowest BCUT2D eigenvalue weighted by Gasteiger charge is -2.20. The number of aryl methyl sites for hydroxylation is 1. The largest absolute Gasteiger partial charge is 0.300 e. The number of aromatic nitrogens is 2. The van der Waals surface area contributed by atoms with Crippen molar-refractivity contribution in [1.82, 2.24) is 20.0 Å². The molecule has 19 heavy (non-hydrogen) atoms. The van der Waals surface area contributed by atoms with Crippen molar-refractivity contribution < 1.29 is 0 Å². The van der Waals surface area contributed by atoms with E-state index in [1.807, 2.05) is 6.92 Å². The summed E-state index contributed by atoms with van der Waals surface area (Å²) in [4.78, 5) is 5.30. The Balaban J connectivity index is 1.35. The Morgan fingerprint density at radius 2 is 1.79 bits per heavy atom. The monoisotopic (exact) mass is 258 g/mol. The summed E-state index contributed by atoms with van der Waals surface area (Å²) in [5.74, 6) is 1.80. The van der Waals surface area contributed by atoms with Crippen molar-refractivity contribution in [2.24, 2.45) is 11.8 Å². The van der Waals surface area contributed by atoms with Crippen molar-refractivity contribution in [3.05, 3.63) is 23.5 Å². The number of hydrogen-bond donors (Lipinski definition) is 0. The number of likely N-dealkylation sites (tertiary alicyclic amines) is 2. The third-order valence-electron chi connectivity index (χ3n) is 4.89. The highest BCUT2D eigenvalue weighted by molar-refractivity contribution is 5.06. The first kappa shape index (κ1) is 11.8. The first-order chi connectivity index (χ1) is 9.28. The van der Waals surface area contributed by atoms with Gasteiger partial charge in [-0.05, 0) is 43.7 Å². The summed E-state index contributed by atoms with van der Waals surface area (Å²) < 4.78 is 0. The molecule has 0 bridgehead atoms. The van der Waals surface area contributed by atoms with Gasteiger partial charge in [0.15, 0.2) is 0 Å². The predicted molar refractivity (Wildman–Crippen MR) is 73.6 cm³/mol. The first-order valence-corrected chi connectivity index (χ1v) is 7.53. The second-order valence-corrected chi connectivity index (χ2v) is 6.57. The van der Waals surface area contributed by atoms with Crippen LogP contribution in [0.2, 0.25) is 0 Å². The molecule has 1 saturated carbocycles. The normalized spacial score (nSPS) is 31.8. The van der Waals surface area contributed by atoms with Crippen LogP contribution in [0.25, 0.3) is 0 Å². The van der Waals surface area contributed by atoms with E-state index in [-0.39, 0.29) is 0 Å². The maximum atomic E-state index is 4.29. The van der Waals surface area contributed by atoms with Crippen LogP contribution in [0.4, 0.5) is 0 Å². The Kier molecular flexibility index (Phi) is 2.81. The van der Waals surface area contributed by atoms with Crippen molar-refractivity contribution in [1.29, 1.82) is 0 Å². The lowest BCUT2D eigenvalue weighted by molar-refractivity contribution is 0.243. The number of fused-ring (bicyclic) bond motifs is 1. The van der Waals surface area contributed by atoms with Crippen molar-refractivity contribution in [3.63, 3.8) is 0 Å². The van der Waals surface area contributed by atoms with Gasteiger partial charge < -0.3 is 0 Å². The van der Waals surface area contributed by atoms with Crippen LogP contribution in [0, 0.1) is 18.8 Å². The highest BCUT2D eigenvalue weighted by Crippen LogP contribution is 2.38. The number of rotatable bonds is 3. The van der Waals surface area contributed by atoms with Crippen LogP contribution in [0.1, 0.15) is 24.2 Å². The quantitative estimate of drug-likeness (QED) is 0.818. The first-order valence-electron chi connectivity index (χ1n) is 7.53. The summed E-state index contributed by atoms with van der Waals surface area (Å²) in [5, 5.41) is 8.44. The average Bonchev–Trinajstić information content (AvgIpc) is 3.07. The zero-order valence-corrected chi connectivity index (χ0v) is 11.6. The van der Waals surface area contributed by atoms with Crippen LogP contribution in [0.3, 0.4) is 0 Å². The van der Waals surface area contributed by atoms with E-state index >= 15 is 0 Å². The van der Waals surface area contributed by atoms with Crippen LogP contribution < -0.4 is 0 Å². The molecule has 0 spiro atoms. The molecule has 102 valence electrons. The summed E-state index contributed by atoms with van der Waals surface area (Å²) in [6.45, 7) is 8.15. The molecule has 3 fully saturated rings. The topological polar surface area (TPSA) is 32.3 Å². The lowest BCUT2D eigenvalue weighted by Crippen LogP contribution is -2.30. The molecule has 0 amide bonds. The molecule has 3 aliphatic rings. The smallest absolute Gasteiger partial charge is 0.0771 e. The van der Waals surface area contributed by atoms with E-state index in [1.54, 1.807) is 0 Å². The molecule has 0 aromatic carbocycles. The van der Waals surface area contributed by atoms with Crippen LogP contribution in [-0.2, 0) is 6.54 Å². The van der Waals surface area contributed by atoms with E-state index in [0.717, 1.165) is 35.8 Å². The van der Waals surface area contributed by atoms with Crippen LogP contribution >= 0.6 is 0 Å². The zero-order valence-electron chi connectivity index (χ0n) is 11.6. The molecule has 2 saturated heterocycles. The van der Waals surface area contributed by atoms with Crippen LogP contribution in [0.15, 0.2) is 12.1 Å². The van der Waals surface area contributed by atoms with Crippen molar-refractivity contribution in [3.8, 4) is 0 Å². The van der Waals surface area contributed by atoms with E-state index in [9.17, 15) is 0 Å². The summed E-state index contributed by atoms with van der Waals surface area (Å²) in [5.41, 5.74) is 2.12. The number of hydrogen-bond acceptors (Lipinski definition) is 4. The van der Waals surface area contributed by atoms with Crippen molar-refractivity contribution in [2.75, 3.05) is 26.2 Å². The molecule has 4 heteroatoms. The fourth-order valence-electron chi connectivity index (χ4n) is 3.73. The molecular formula is C15H22N4. The molecule has 3 heterocycles. The van der Waals surface area contributed by atoms with Crippen molar-refractivity contribution >= 4 is 0 Å². The average molecular weight is 258 g/mol. The fraction of sp³-hybridized carbons (Fsp3) is 0.733. The molecule has 4 rings (SSSR count). The number of nitrogens with zero attached hydrogens (tertiary/aromatic N) is 4. The molecule has 2 atom stereocenters. The van der Waals surface area contributed by atoms with Gasteiger partial charge in [0.05, 0.1) is 11.4 Å². The summed E-state index contributed by atoms with van der Waals surface area (Å²) in [6.07, 6.45) is 2.89. The van der Waals surface area contributed by atoms with Gasteiger partial charge in [-0.25, -0.2) is 0 Å². The van der Waals surface area contributed by atoms with E-state index < -0.39 is 0 Å². The minimum atomic E-state index is 0.902. The maximum absolute atomic E-state index is 4.29. The third kappa shape index (κ3) is 2.39. The molecular weight excluding hydrogens is 236 g/mol. The van der Waals surface area contributed by atoms with Gasteiger partial charge >= 0.3 is 0 Å². The second kappa shape index (κ2) is 4.53. The van der Waals surface area contributed by atoms with Gasteiger partial charge in [-0.1, -0.05) is 0 Å². The van der Waals surface area contributed by atoms with E-state index in [0.29, 0.717) is 0 Å². The molecule has 2 aliphatic heterocycles. The summed E-state index contributed by atoms with van der Waals surface area (Å²) in [6, 6.07) is 5.13. The standard InChI is InChI=1S/C15H22N4/c1-11-2-3-14(17-16-11)10-18-6-12-8-19(15-4-5-15)9-13(12)7-18/h2-3,12-13,15H,4-10H2,1H3. The van der Waals surface area contributed by atoms with Gasteiger partial charge in [-0.15, -0.1) is 0 Å². The minimum Gasteiger partial charge on any atom is -0.300 e. The Hall–Kier alpha value is -1.00. The zero-order chi connectivity index (χ0) is 12.8. The summed E-state index contributed by atoms with van der Waals surface area (Å²) >= 11 is 0. The fourth-order valence-corrected chi connectivity index (χ4v) is 3.73. The van der Waals surface area contributed by atoms with Crippen LogP contribution in [0.5, 0.6) is 0 Å². The highest BCUT2D eigenvalue weighted by Gasteiger charge is 2.44. The maximum Gasteiger partial charge on any atom is 0.0771 e. The molecule has 2 unspecified atom stereocenters. The Labute approximate surface area is 114 Å². The molecule has 0 radical (unpaired) electrons. The third-order valence-corrected chi connectivity index (χ3v) is 4.89. The molecule has 1 aliphatic carbocycles. The van der Waals surface area contributed by atoms with Gasteiger partial charge in [0, 0.05) is 38.8 Å². The van der Waals surface area contributed by atoms with Crippen molar-refractivity contribution in [2.45, 2.75) is 32.4 Å². The molecule has 1 aromatic rings. The van der Waals surface area contributed by atoms with E-state index in [1.165, 1.54) is 39.0 Å². The highest BCUT2D eigenvalue weighted by atomic mass is 15.3.